The maximum absolute atomic E-state index is 11.7. The molecular weight excluding hydrogens is 216 g/mol. The van der Waals surface area contributed by atoms with E-state index in [4.69, 9.17) is 4.74 Å². The zero-order valence-corrected chi connectivity index (χ0v) is 9.47. The first-order chi connectivity index (χ1) is 8.15. The van der Waals surface area contributed by atoms with Crippen molar-refractivity contribution in [1.82, 2.24) is 0 Å². The van der Waals surface area contributed by atoms with Gasteiger partial charge in [0, 0.05) is 6.42 Å². The third-order valence-electron chi connectivity index (χ3n) is 2.44. The molecule has 1 aliphatic carbocycles. The molecule has 2 rings (SSSR count). The van der Waals surface area contributed by atoms with Crippen molar-refractivity contribution in [3.05, 3.63) is 53.6 Å². The predicted molar refractivity (Wildman–Crippen MR) is 63.7 cm³/mol. The van der Waals surface area contributed by atoms with E-state index >= 15 is 0 Å². The second-order valence-electron chi connectivity index (χ2n) is 3.87. The SMILES string of the molecule is Cc1ccc(OC(=O)C2=CCC(=O)C=C2)cc1. The number of hydrogen-bond donors (Lipinski definition) is 0. The summed E-state index contributed by atoms with van der Waals surface area (Å²) in [4.78, 5) is 22.6. The van der Waals surface area contributed by atoms with Gasteiger partial charge >= 0.3 is 5.97 Å². The van der Waals surface area contributed by atoms with Gasteiger partial charge < -0.3 is 4.74 Å². The summed E-state index contributed by atoms with van der Waals surface area (Å²) in [6.45, 7) is 1.96. The third-order valence-corrected chi connectivity index (χ3v) is 2.44. The van der Waals surface area contributed by atoms with E-state index in [2.05, 4.69) is 0 Å². The molecule has 1 aromatic rings. The molecule has 0 saturated carbocycles. The second kappa shape index (κ2) is 4.78. The monoisotopic (exact) mass is 228 g/mol. The maximum Gasteiger partial charge on any atom is 0.343 e. The minimum Gasteiger partial charge on any atom is -0.423 e. The van der Waals surface area contributed by atoms with Crippen molar-refractivity contribution in [2.45, 2.75) is 13.3 Å². The lowest BCUT2D eigenvalue weighted by molar-refractivity contribution is -0.129. The Labute approximate surface area is 99.4 Å². The topological polar surface area (TPSA) is 43.4 Å². The van der Waals surface area contributed by atoms with Gasteiger partial charge in [-0.05, 0) is 31.2 Å². The molecule has 0 N–H and O–H groups in total. The lowest BCUT2D eigenvalue weighted by Crippen LogP contribution is -2.12. The zero-order valence-electron chi connectivity index (χ0n) is 9.47. The summed E-state index contributed by atoms with van der Waals surface area (Å²) < 4.78 is 5.17. The Morgan fingerprint density at radius 1 is 1.18 bits per heavy atom. The highest BCUT2D eigenvalue weighted by Gasteiger charge is 2.13. The summed E-state index contributed by atoms with van der Waals surface area (Å²) in [5.41, 5.74) is 1.53. The molecule has 0 aliphatic heterocycles. The first kappa shape index (κ1) is 11.3. The molecule has 86 valence electrons. The smallest absolute Gasteiger partial charge is 0.343 e. The standard InChI is InChI=1S/C14H12O3/c1-10-2-8-13(9-3-10)17-14(16)11-4-6-12(15)7-5-11/h2-6,8-9H,7H2,1H3. The molecule has 0 radical (unpaired) electrons. The number of ketones is 1. The molecule has 0 fully saturated rings. The number of hydrogen-bond acceptors (Lipinski definition) is 3. The molecule has 0 bridgehead atoms. The molecule has 0 unspecified atom stereocenters. The van der Waals surface area contributed by atoms with Crippen LogP contribution in [0, 0.1) is 6.92 Å². The van der Waals surface area contributed by atoms with E-state index in [0.29, 0.717) is 11.3 Å². The van der Waals surface area contributed by atoms with Crippen molar-refractivity contribution in [2.75, 3.05) is 0 Å². The lowest BCUT2D eigenvalue weighted by atomic mass is 10.1. The van der Waals surface area contributed by atoms with Crippen LogP contribution in [0.5, 0.6) is 5.75 Å². The molecule has 3 nitrogen and oxygen atoms in total. The van der Waals surface area contributed by atoms with Crippen LogP contribution in [0.2, 0.25) is 0 Å². The highest BCUT2D eigenvalue weighted by atomic mass is 16.5. The van der Waals surface area contributed by atoms with Crippen molar-refractivity contribution in [2.24, 2.45) is 0 Å². The van der Waals surface area contributed by atoms with E-state index < -0.39 is 5.97 Å². The van der Waals surface area contributed by atoms with Crippen LogP contribution in [0.25, 0.3) is 0 Å². The molecule has 0 aromatic heterocycles. The second-order valence-corrected chi connectivity index (χ2v) is 3.87. The lowest BCUT2D eigenvalue weighted by Gasteiger charge is -2.07. The minimum absolute atomic E-state index is 0.00288. The van der Waals surface area contributed by atoms with Crippen molar-refractivity contribution in [3.63, 3.8) is 0 Å². The fraction of sp³-hybridized carbons (Fsp3) is 0.143. The van der Waals surface area contributed by atoms with Gasteiger partial charge in [0.2, 0.25) is 0 Å². The Kier molecular flexibility index (Phi) is 3.19. The third kappa shape index (κ3) is 2.91. The summed E-state index contributed by atoms with van der Waals surface area (Å²) in [5.74, 6) is 0.0706. The molecule has 3 heteroatoms. The normalized spacial score (nSPS) is 14.4. The molecule has 17 heavy (non-hydrogen) atoms. The van der Waals surface area contributed by atoms with Crippen molar-refractivity contribution >= 4 is 11.8 Å². The summed E-state index contributed by atoms with van der Waals surface area (Å²) in [7, 11) is 0. The number of allylic oxidation sites excluding steroid dienone is 2. The van der Waals surface area contributed by atoms with Crippen molar-refractivity contribution in [3.8, 4) is 5.75 Å². The molecular formula is C14H12O3. The molecule has 1 aromatic carbocycles. The Bertz CT molecular complexity index is 507. The van der Waals surface area contributed by atoms with E-state index in [1.165, 1.54) is 12.2 Å². The van der Waals surface area contributed by atoms with Crippen LogP contribution in [0.15, 0.2) is 48.1 Å². The first-order valence-electron chi connectivity index (χ1n) is 5.35. The van der Waals surface area contributed by atoms with Gasteiger partial charge in [-0.25, -0.2) is 4.79 Å². The number of rotatable bonds is 2. The van der Waals surface area contributed by atoms with Crippen LogP contribution in [0.3, 0.4) is 0 Å². The molecule has 0 spiro atoms. The minimum atomic E-state index is -0.433. The van der Waals surface area contributed by atoms with Crippen LogP contribution in [-0.2, 0) is 9.59 Å². The fourth-order valence-corrected chi connectivity index (χ4v) is 1.45. The number of ether oxygens (including phenoxy) is 1. The van der Waals surface area contributed by atoms with E-state index in [1.807, 2.05) is 19.1 Å². The summed E-state index contributed by atoms with van der Waals surface area (Å²) in [6, 6.07) is 7.23. The average Bonchev–Trinajstić information content (AvgIpc) is 2.33. The number of carbonyl (C=O) groups is 2. The van der Waals surface area contributed by atoms with Gasteiger partial charge in [-0.15, -0.1) is 0 Å². The molecule has 0 heterocycles. The van der Waals surface area contributed by atoms with Gasteiger partial charge in [0.1, 0.15) is 5.75 Å². The molecule has 0 amide bonds. The van der Waals surface area contributed by atoms with Gasteiger partial charge in [0.25, 0.3) is 0 Å². The average molecular weight is 228 g/mol. The molecule has 0 saturated heterocycles. The first-order valence-corrected chi connectivity index (χ1v) is 5.35. The zero-order chi connectivity index (χ0) is 12.3. The van der Waals surface area contributed by atoms with Gasteiger partial charge in [-0.1, -0.05) is 23.8 Å². The number of carbonyl (C=O) groups excluding carboxylic acids is 2. The Balaban J connectivity index is 2.05. The van der Waals surface area contributed by atoms with Crippen LogP contribution in [0.4, 0.5) is 0 Å². The van der Waals surface area contributed by atoms with Crippen LogP contribution >= 0.6 is 0 Å². The predicted octanol–water partition coefficient (Wildman–Crippen LogP) is 2.36. The van der Waals surface area contributed by atoms with Crippen LogP contribution < -0.4 is 4.74 Å². The molecule has 0 atom stereocenters. The van der Waals surface area contributed by atoms with Gasteiger partial charge in [0.15, 0.2) is 5.78 Å². The quantitative estimate of drug-likeness (QED) is 0.576. The van der Waals surface area contributed by atoms with Crippen molar-refractivity contribution in [1.29, 1.82) is 0 Å². The Hall–Kier alpha value is -2.16. The van der Waals surface area contributed by atoms with Crippen LogP contribution in [0.1, 0.15) is 12.0 Å². The fourth-order valence-electron chi connectivity index (χ4n) is 1.45. The Morgan fingerprint density at radius 3 is 2.47 bits per heavy atom. The van der Waals surface area contributed by atoms with E-state index in [-0.39, 0.29) is 12.2 Å². The largest absolute Gasteiger partial charge is 0.423 e. The van der Waals surface area contributed by atoms with Gasteiger partial charge in [-0.3, -0.25) is 4.79 Å². The van der Waals surface area contributed by atoms with Crippen molar-refractivity contribution < 1.29 is 14.3 Å². The van der Waals surface area contributed by atoms with Crippen LogP contribution in [-0.4, -0.2) is 11.8 Å². The summed E-state index contributed by atoms with van der Waals surface area (Å²) in [6.07, 6.45) is 4.72. The van der Waals surface area contributed by atoms with E-state index in [9.17, 15) is 9.59 Å². The summed E-state index contributed by atoms with van der Waals surface area (Å²) >= 11 is 0. The van der Waals surface area contributed by atoms with E-state index in [1.54, 1.807) is 18.2 Å². The highest BCUT2D eigenvalue weighted by molar-refractivity contribution is 6.00. The molecule has 1 aliphatic rings. The summed E-state index contributed by atoms with van der Waals surface area (Å²) in [5, 5.41) is 0. The number of aryl methyl sites for hydroxylation is 1. The number of esters is 1. The maximum atomic E-state index is 11.7. The highest BCUT2D eigenvalue weighted by Crippen LogP contribution is 2.15. The Morgan fingerprint density at radius 2 is 1.88 bits per heavy atom. The number of benzene rings is 1. The van der Waals surface area contributed by atoms with Gasteiger partial charge in [-0.2, -0.15) is 0 Å². The van der Waals surface area contributed by atoms with Gasteiger partial charge in [0.05, 0.1) is 5.57 Å². The van der Waals surface area contributed by atoms with E-state index in [0.717, 1.165) is 5.56 Å².